The Hall–Kier alpha value is -1.71. The molecule has 0 fully saturated rings. The third-order valence-electron chi connectivity index (χ3n) is 2.51. The molecule has 3 rings (SSSR count). The number of hydrogen-bond acceptors (Lipinski definition) is 8. The predicted octanol–water partition coefficient (Wildman–Crippen LogP) is 2.89. The summed E-state index contributed by atoms with van der Waals surface area (Å²) in [5, 5.41) is 11.0. The number of fused-ring (bicyclic) bond motifs is 1. The molecule has 1 aromatic carbocycles. The molecule has 9 heteroatoms. The fraction of sp³-hybridized carbons (Fsp3) is 0.167. The number of nitrogens with one attached hydrogen (secondary N) is 1. The maximum Gasteiger partial charge on any atom is 0.236 e. The summed E-state index contributed by atoms with van der Waals surface area (Å²) >= 11 is 4.19. The quantitative estimate of drug-likeness (QED) is 0.721. The fourth-order valence-corrected chi connectivity index (χ4v) is 3.79. The van der Waals surface area contributed by atoms with Crippen LogP contribution < -0.4 is 10.1 Å². The molecule has 0 saturated heterocycles. The fourth-order valence-electron chi connectivity index (χ4n) is 1.59. The summed E-state index contributed by atoms with van der Waals surface area (Å²) in [7, 11) is 1.62. The molecular weight excluding hydrogens is 328 g/mol. The number of rotatable bonds is 5. The number of methoxy groups -OCH3 is 1. The minimum atomic E-state index is -0.110. The van der Waals surface area contributed by atoms with Gasteiger partial charge < -0.3 is 10.1 Å². The van der Waals surface area contributed by atoms with Gasteiger partial charge in [-0.3, -0.25) is 4.79 Å². The Labute approximate surface area is 132 Å². The smallest absolute Gasteiger partial charge is 0.236 e. The van der Waals surface area contributed by atoms with Gasteiger partial charge >= 0.3 is 0 Å². The number of carbonyl (C=O) groups is 1. The number of thioether (sulfide) groups is 1. The third-order valence-corrected chi connectivity index (χ3v) is 5.30. The van der Waals surface area contributed by atoms with Gasteiger partial charge in [0.25, 0.3) is 0 Å². The lowest BCUT2D eigenvalue weighted by atomic mass is 10.3. The normalized spacial score (nSPS) is 10.7. The molecule has 6 nitrogen and oxygen atoms in total. The molecule has 0 saturated carbocycles. The number of nitrogens with zero attached hydrogens (tertiary/aromatic N) is 3. The number of anilines is 1. The van der Waals surface area contributed by atoms with Crippen LogP contribution in [0.2, 0.25) is 0 Å². The molecule has 0 radical (unpaired) electrons. The molecule has 0 aliphatic heterocycles. The van der Waals surface area contributed by atoms with E-state index in [0.717, 1.165) is 20.3 Å². The molecule has 1 amide bonds. The average Bonchev–Trinajstić information content (AvgIpc) is 3.13. The Balaban J connectivity index is 1.65. The summed E-state index contributed by atoms with van der Waals surface area (Å²) in [6, 6.07) is 5.62. The number of carbonyl (C=O) groups excluding carboxylic acids is 1. The van der Waals surface area contributed by atoms with Crippen LogP contribution >= 0.6 is 34.4 Å². The van der Waals surface area contributed by atoms with Gasteiger partial charge in [0, 0.05) is 0 Å². The zero-order chi connectivity index (χ0) is 14.7. The Morgan fingerprint density at radius 3 is 3.14 bits per heavy atom. The third kappa shape index (κ3) is 3.49. The molecule has 0 aliphatic rings. The monoisotopic (exact) mass is 338 g/mol. The van der Waals surface area contributed by atoms with Crippen LogP contribution in [0.5, 0.6) is 5.75 Å². The highest BCUT2D eigenvalue weighted by atomic mass is 32.2. The Morgan fingerprint density at radius 2 is 2.38 bits per heavy atom. The van der Waals surface area contributed by atoms with Crippen molar-refractivity contribution in [1.29, 1.82) is 0 Å². The largest absolute Gasteiger partial charge is 0.497 e. The average molecular weight is 338 g/mol. The number of thiazole rings is 1. The lowest BCUT2D eigenvalue weighted by Gasteiger charge is -1.98. The molecular formula is C12H10N4O2S3. The maximum atomic E-state index is 11.9. The van der Waals surface area contributed by atoms with Gasteiger partial charge in [-0.05, 0) is 18.2 Å². The van der Waals surface area contributed by atoms with Gasteiger partial charge in [0.05, 0.1) is 23.1 Å². The molecule has 2 heterocycles. The molecule has 0 bridgehead atoms. The van der Waals surface area contributed by atoms with Crippen molar-refractivity contribution in [2.24, 2.45) is 0 Å². The number of benzene rings is 1. The zero-order valence-electron chi connectivity index (χ0n) is 10.9. The minimum Gasteiger partial charge on any atom is -0.497 e. The van der Waals surface area contributed by atoms with E-state index in [1.807, 2.05) is 18.2 Å². The van der Waals surface area contributed by atoms with E-state index in [1.54, 1.807) is 12.6 Å². The molecule has 0 atom stereocenters. The second-order valence-corrected chi connectivity index (χ2v) is 6.98. The van der Waals surface area contributed by atoms with Crippen molar-refractivity contribution in [3.63, 3.8) is 0 Å². The topological polar surface area (TPSA) is 77.0 Å². The SMILES string of the molecule is COc1ccc2nc(NC(=O)CSc3nncs3)sc2c1. The van der Waals surface area contributed by atoms with E-state index in [2.05, 4.69) is 20.5 Å². The van der Waals surface area contributed by atoms with E-state index in [-0.39, 0.29) is 11.7 Å². The first-order valence-corrected chi connectivity index (χ1v) is 8.56. The molecule has 0 aliphatic carbocycles. The van der Waals surface area contributed by atoms with Crippen LogP contribution in [-0.4, -0.2) is 34.0 Å². The van der Waals surface area contributed by atoms with Crippen molar-refractivity contribution in [3.05, 3.63) is 23.7 Å². The second-order valence-electron chi connectivity index (χ2n) is 3.89. The van der Waals surface area contributed by atoms with Crippen molar-refractivity contribution in [1.82, 2.24) is 15.2 Å². The van der Waals surface area contributed by atoms with Crippen molar-refractivity contribution in [3.8, 4) is 5.75 Å². The van der Waals surface area contributed by atoms with Gasteiger partial charge in [-0.2, -0.15) is 0 Å². The molecule has 0 unspecified atom stereocenters. The van der Waals surface area contributed by atoms with Gasteiger partial charge in [-0.25, -0.2) is 4.98 Å². The van der Waals surface area contributed by atoms with Crippen LogP contribution in [0.4, 0.5) is 5.13 Å². The first-order chi connectivity index (χ1) is 10.2. The Bertz CT molecular complexity index is 757. The van der Waals surface area contributed by atoms with E-state index in [0.29, 0.717) is 5.13 Å². The first-order valence-electron chi connectivity index (χ1n) is 5.88. The second kappa shape index (κ2) is 6.37. The summed E-state index contributed by atoms with van der Waals surface area (Å²) in [5.74, 6) is 0.950. The van der Waals surface area contributed by atoms with Crippen LogP contribution in [0.15, 0.2) is 28.0 Å². The number of hydrogen-bond donors (Lipinski definition) is 1. The Kier molecular flexibility index (Phi) is 4.32. The number of ether oxygens (including phenoxy) is 1. The van der Waals surface area contributed by atoms with Crippen LogP contribution in [0.1, 0.15) is 0 Å². The summed E-state index contributed by atoms with van der Waals surface area (Å²) in [6.07, 6.45) is 0. The molecule has 3 aromatic rings. The van der Waals surface area contributed by atoms with Crippen molar-refractivity contribution >= 4 is 55.7 Å². The molecule has 0 spiro atoms. The van der Waals surface area contributed by atoms with Gasteiger partial charge in [0.1, 0.15) is 11.3 Å². The van der Waals surface area contributed by atoms with Crippen LogP contribution in [0.3, 0.4) is 0 Å². The van der Waals surface area contributed by atoms with Crippen LogP contribution in [0, 0.1) is 0 Å². The van der Waals surface area contributed by atoms with E-state index < -0.39 is 0 Å². The molecule has 21 heavy (non-hydrogen) atoms. The highest BCUT2D eigenvalue weighted by Gasteiger charge is 2.10. The number of aromatic nitrogens is 3. The van der Waals surface area contributed by atoms with E-state index in [1.165, 1.54) is 34.4 Å². The summed E-state index contributed by atoms with van der Waals surface area (Å²) in [5.41, 5.74) is 2.48. The van der Waals surface area contributed by atoms with Crippen molar-refractivity contribution in [2.75, 3.05) is 18.2 Å². The van der Waals surface area contributed by atoms with Crippen LogP contribution in [0.25, 0.3) is 10.2 Å². The first kappa shape index (κ1) is 14.2. The number of amides is 1. The molecule has 2 aromatic heterocycles. The molecule has 108 valence electrons. The summed E-state index contributed by atoms with van der Waals surface area (Å²) < 4.78 is 6.92. The van der Waals surface area contributed by atoms with Gasteiger partial charge in [0.15, 0.2) is 9.47 Å². The van der Waals surface area contributed by atoms with Gasteiger partial charge in [-0.1, -0.05) is 34.4 Å². The van der Waals surface area contributed by atoms with Gasteiger partial charge in [0.2, 0.25) is 5.91 Å². The standard InChI is InChI=1S/C12H10N4O2S3/c1-18-7-2-3-8-9(4-7)21-11(14-8)15-10(17)5-19-12-16-13-6-20-12/h2-4,6H,5H2,1H3,(H,14,15,17). The lowest BCUT2D eigenvalue weighted by Crippen LogP contribution is -2.13. The van der Waals surface area contributed by atoms with E-state index in [4.69, 9.17) is 4.74 Å². The minimum absolute atomic E-state index is 0.110. The van der Waals surface area contributed by atoms with Crippen molar-refractivity contribution in [2.45, 2.75) is 4.34 Å². The van der Waals surface area contributed by atoms with Gasteiger partial charge in [-0.15, -0.1) is 10.2 Å². The highest BCUT2D eigenvalue weighted by Crippen LogP contribution is 2.29. The Morgan fingerprint density at radius 1 is 1.48 bits per heavy atom. The highest BCUT2D eigenvalue weighted by molar-refractivity contribution is 8.01. The van der Waals surface area contributed by atoms with E-state index >= 15 is 0 Å². The maximum absolute atomic E-state index is 11.9. The predicted molar refractivity (Wildman–Crippen MR) is 85.4 cm³/mol. The summed E-state index contributed by atoms with van der Waals surface area (Å²) in [4.78, 5) is 16.2. The summed E-state index contributed by atoms with van der Waals surface area (Å²) in [6.45, 7) is 0. The van der Waals surface area contributed by atoms with Crippen LogP contribution in [-0.2, 0) is 4.79 Å². The lowest BCUT2D eigenvalue weighted by molar-refractivity contribution is -0.113. The zero-order valence-corrected chi connectivity index (χ0v) is 13.3. The van der Waals surface area contributed by atoms with E-state index in [9.17, 15) is 4.79 Å². The molecule has 1 N–H and O–H groups in total. The van der Waals surface area contributed by atoms with Crippen molar-refractivity contribution < 1.29 is 9.53 Å².